The molecule has 94 valence electrons. The summed E-state index contributed by atoms with van der Waals surface area (Å²) in [5.74, 6) is -0.104. The number of hydrogen-bond donors (Lipinski definition) is 3. The minimum atomic E-state index is -0.421. The Labute approximate surface area is 105 Å². The van der Waals surface area contributed by atoms with Crippen LogP contribution in [0.3, 0.4) is 0 Å². The Morgan fingerprint density at radius 1 is 1.17 bits per heavy atom. The van der Waals surface area contributed by atoms with E-state index in [-0.39, 0.29) is 17.9 Å². The fourth-order valence-electron chi connectivity index (χ4n) is 2.51. The van der Waals surface area contributed by atoms with E-state index in [0.29, 0.717) is 0 Å². The van der Waals surface area contributed by atoms with Gasteiger partial charge in [-0.2, -0.15) is 0 Å². The van der Waals surface area contributed by atoms with Crippen molar-refractivity contribution in [2.45, 2.75) is 24.9 Å². The molecule has 2 heterocycles. The van der Waals surface area contributed by atoms with Gasteiger partial charge in [0, 0.05) is 17.8 Å². The molecule has 2 aliphatic heterocycles. The summed E-state index contributed by atoms with van der Waals surface area (Å²) in [5, 5.41) is 8.78. The number of fused-ring (bicyclic) bond motifs is 1. The zero-order valence-electron chi connectivity index (χ0n) is 9.90. The summed E-state index contributed by atoms with van der Waals surface area (Å²) in [4.78, 5) is 23.6. The second kappa shape index (κ2) is 4.42. The molecule has 3 N–H and O–H groups in total. The van der Waals surface area contributed by atoms with Gasteiger partial charge in [0.05, 0.1) is 6.04 Å². The topological polar surface area (TPSA) is 70.2 Å². The van der Waals surface area contributed by atoms with Crippen LogP contribution in [0.15, 0.2) is 24.3 Å². The summed E-state index contributed by atoms with van der Waals surface area (Å²) in [6.07, 6.45) is 1.72. The second-order valence-electron chi connectivity index (χ2n) is 4.66. The lowest BCUT2D eigenvalue weighted by Gasteiger charge is -2.25. The van der Waals surface area contributed by atoms with Crippen molar-refractivity contribution in [3.05, 3.63) is 29.8 Å². The maximum absolute atomic E-state index is 11.9. The van der Waals surface area contributed by atoms with Crippen molar-refractivity contribution < 1.29 is 9.59 Å². The van der Waals surface area contributed by atoms with E-state index in [0.717, 1.165) is 30.6 Å². The normalized spacial score (nSPS) is 26.4. The molecule has 0 radical (unpaired) electrons. The summed E-state index contributed by atoms with van der Waals surface area (Å²) in [6.45, 7) is 0.727. The number of benzene rings is 1. The number of anilines is 1. The van der Waals surface area contributed by atoms with Gasteiger partial charge >= 0.3 is 0 Å². The molecule has 2 amide bonds. The van der Waals surface area contributed by atoms with Crippen molar-refractivity contribution in [1.82, 2.24) is 10.6 Å². The SMILES string of the molecule is O=C1NCCCC1NC1C(=O)Nc2ccccc21. The van der Waals surface area contributed by atoms with Crippen LogP contribution < -0.4 is 16.0 Å². The molecule has 1 fully saturated rings. The predicted molar refractivity (Wildman–Crippen MR) is 67.0 cm³/mol. The largest absolute Gasteiger partial charge is 0.355 e. The van der Waals surface area contributed by atoms with Gasteiger partial charge in [0.15, 0.2) is 0 Å². The Morgan fingerprint density at radius 2 is 2.00 bits per heavy atom. The molecule has 2 aliphatic rings. The van der Waals surface area contributed by atoms with E-state index in [4.69, 9.17) is 0 Å². The van der Waals surface area contributed by atoms with Gasteiger partial charge in [-0.15, -0.1) is 0 Å². The third kappa shape index (κ3) is 1.86. The third-order valence-electron chi connectivity index (χ3n) is 3.44. The Bertz CT molecular complexity index is 501. The smallest absolute Gasteiger partial charge is 0.246 e. The summed E-state index contributed by atoms with van der Waals surface area (Å²) >= 11 is 0. The van der Waals surface area contributed by atoms with Gasteiger partial charge < -0.3 is 10.6 Å². The Hall–Kier alpha value is -1.88. The zero-order chi connectivity index (χ0) is 12.5. The average molecular weight is 245 g/mol. The maximum Gasteiger partial charge on any atom is 0.246 e. The second-order valence-corrected chi connectivity index (χ2v) is 4.66. The van der Waals surface area contributed by atoms with E-state index in [1.54, 1.807) is 0 Å². The molecule has 5 nitrogen and oxygen atoms in total. The molecule has 3 rings (SSSR count). The highest BCUT2D eigenvalue weighted by molar-refractivity contribution is 6.02. The lowest BCUT2D eigenvalue weighted by molar-refractivity contribution is -0.125. The van der Waals surface area contributed by atoms with Gasteiger partial charge in [-0.3, -0.25) is 14.9 Å². The van der Waals surface area contributed by atoms with Crippen molar-refractivity contribution >= 4 is 17.5 Å². The van der Waals surface area contributed by atoms with Crippen LogP contribution in [0.1, 0.15) is 24.4 Å². The lowest BCUT2D eigenvalue weighted by Crippen LogP contribution is -2.50. The highest BCUT2D eigenvalue weighted by Gasteiger charge is 2.34. The van der Waals surface area contributed by atoms with Crippen LogP contribution in [0.2, 0.25) is 0 Å². The first-order chi connectivity index (χ1) is 8.75. The highest BCUT2D eigenvalue weighted by atomic mass is 16.2. The van der Waals surface area contributed by atoms with Crippen LogP contribution in [0.4, 0.5) is 5.69 Å². The Kier molecular flexibility index (Phi) is 2.76. The number of hydrogen-bond acceptors (Lipinski definition) is 3. The van der Waals surface area contributed by atoms with Gasteiger partial charge in [-0.05, 0) is 18.9 Å². The van der Waals surface area contributed by atoms with Gasteiger partial charge in [-0.25, -0.2) is 0 Å². The first-order valence-electron chi connectivity index (χ1n) is 6.19. The molecule has 0 aromatic heterocycles. The minimum absolute atomic E-state index is 0.0153. The van der Waals surface area contributed by atoms with Crippen LogP contribution in [-0.2, 0) is 9.59 Å². The number of para-hydroxylation sites is 1. The molecule has 0 spiro atoms. The molecule has 1 saturated heterocycles. The number of nitrogens with one attached hydrogen (secondary N) is 3. The van der Waals surface area contributed by atoms with Gasteiger partial charge in [0.25, 0.3) is 0 Å². The molecule has 2 atom stereocenters. The fraction of sp³-hybridized carbons (Fsp3) is 0.385. The standard InChI is InChI=1S/C13H15N3O2/c17-12-10(6-3-7-14-12)15-11-8-4-1-2-5-9(8)16-13(11)18/h1-2,4-5,10-11,15H,3,6-7H2,(H,14,17)(H,16,18). The average Bonchev–Trinajstić information content (AvgIpc) is 2.69. The third-order valence-corrected chi connectivity index (χ3v) is 3.44. The van der Waals surface area contributed by atoms with E-state index >= 15 is 0 Å². The van der Waals surface area contributed by atoms with Crippen molar-refractivity contribution in [2.75, 3.05) is 11.9 Å². The molecule has 1 aromatic rings. The van der Waals surface area contributed by atoms with Crippen molar-refractivity contribution in [2.24, 2.45) is 0 Å². The van der Waals surface area contributed by atoms with E-state index < -0.39 is 6.04 Å². The lowest BCUT2D eigenvalue weighted by atomic mass is 10.0. The minimum Gasteiger partial charge on any atom is -0.355 e. The zero-order valence-corrected chi connectivity index (χ0v) is 9.90. The quantitative estimate of drug-likeness (QED) is 0.712. The molecular weight excluding hydrogens is 230 g/mol. The molecule has 0 saturated carbocycles. The summed E-state index contributed by atoms with van der Waals surface area (Å²) < 4.78 is 0. The monoisotopic (exact) mass is 245 g/mol. The Morgan fingerprint density at radius 3 is 2.83 bits per heavy atom. The molecule has 0 bridgehead atoms. The van der Waals surface area contributed by atoms with Crippen LogP contribution >= 0.6 is 0 Å². The maximum atomic E-state index is 11.9. The first kappa shape index (κ1) is 11.2. The number of rotatable bonds is 2. The molecule has 1 aromatic carbocycles. The van der Waals surface area contributed by atoms with Crippen LogP contribution in [-0.4, -0.2) is 24.4 Å². The molecule has 5 heteroatoms. The molecule has 0 aliphatic carbocycles. The van der Waals surface area contributed by atoms with E-state index in [1.807, 2.05) is 24.3 Å². The molecule has 2 unspecified atom stereocenters. The number of carbonyl (C=O) groups is 2. The van der Waals surface area contributed by atoms with E-state index in [9.17, 15) is 9.59 Å². The summed E-state index contributed by atoms with van der Waals surface area (Å²) in [6, 6.07) is 6.86. The first-order valence-corrected chi connectivity index (χ1v) is 6.19. The van der Waals surface area contributed by atoms with Crippen LogP contribution in [0.25, 0.3) is 0 Å². The van der Waals surface area contributed by atoms with E-state index in [2.05, 4.69) is 16.0 Å². The summed E-state index contributed by atoms with van der Waals surface area (Å²) in [7, 11) is 0. The van der Waals surface area contributed by atoms with Gasteiger partial charge in [0.1, 0.15) is 6.04 Å². The van der Waals surface area contributed by atoms with Gasteiger partial charge in [-0.1, -0.05) is 18.2 Å². The van der Waals surface area contributed by atoms with Crippen LogP contribution in [0.5, 0.6) is 0 Å². The predicted octanol–water partition coefficient (Wildman–Crippen LogP) is 0.548. The van der Waals surface area contributed by atoms with Gasteiger partial charge in [0.2, 0.25) is 11.8 Å². The fourth-order valence-corrected chi connectivity index (χ4v) is 2.51. The highest BCUT2D eigenvalue weighted by Crippen LogP contribution is 2.30. The Balaban J connectivity index is 1.80. The van der Waals surface area contributed by atoms with Crippen molar-refractivity contribution in [1.29, 1.82) is 0 Å². The van der Waals surface area contributed by atoms with Crippen molar-refractivity contribution in [3.8, 4) is 0 Å². The number of carbonyl (C=O) groups excluding carboxylic acids is 2. The van der Waals surface area contributed by atoms with Crippen molar-refractivity contribution in [3.63, 3.8) is 0 Å². The number of piperidine rings is 1. The van der Waals surface area contributed by atoms with Crippen LogP contribution in [0, 0.1) is 0 Å². The number of amides is 2. The summed E-state index contributed by atoms with van der Waals surface area (Å²) in [5.41, 5.74) is 1.75. The molecular formula is C13H15N3O2. The van der Waals surface area contributed by atoms with E-state index in [1.165, 1.54) is 0 Å². The molecule has 18 heavy (non-hydrogen) atoms.